The molecule has 3 amide bonds. The average Bonchev–Trinajstić information content (AvgIpc) is 3.21. The van der Waals surface area contributed by atoms with Gasteiger partial charge in [-0.3, -0.25) is 9.59 Å². The second kappa shape index (κ2) is 11.5. The first-order valence-corrected chi connectivity index (χ1v) is 10.9. The molecule has 0 radical (unpaired) electrons. The van der Waals surface area contributed by atoms with E-state index in [4.69, 9.17) is 4.74 Å². The van der Waals surface area contributed by atoms with Crippen molar-refractivity contribution in [3.63, 3.8) is 0 Å². The second-order valence-corrected chi connectivity index (χ2v) is 8.97. The number of benzene rings is 1. The summed E-state index contributed by atoms with van der Waals surface area (Å²) in [4.78, 5) is 36.2. The number of alkyl carbamates (subject to hydrolysis) is 1. The number of anilines is 1. The van der Waals surface area contributed by atoms with E-state index in [1.807, 2.05) is 31.2 Å². The zero-order valence-electron chi connectivity index (χ0n) is 19.0. The summed E-state index contributed by atoms with van der Waals surface area (Å²) in [5.41, 5.74) is 2.04. The van der Waals surface area contributed by atoms with E-state index < -0.39 is 11.7 Å². The molecule has 1 aromatic carbocycles. The van der Waals surface area contributed by atoms with Crippen LogP contribution in [0, 0.1) is 5.92 Å². The maximum Gasteiger partial charge on any atom is 0.407 e. The maximum absolute atomic E-state index is 12.4. The molecule has 0 aliphatic heterocycles. The highest BCUT2D eigenvalue weighted by atomic mass is 16.6. The lowest BCUT2D eigenvalue weighted by molar-refractivity contribution is -0.121. The predicted octanol–water partition coefficient (Wildman–Crippen LogP) is 4.29. The number of carbonyl (C=O) groups excluding carboxylic acids is 3. The van der Waals surface area contributed by atoms with Gasteiger partial charge in [-0.25, -0.2) is 4.79 Å². The molecule has 3 N–H and O–H groups in total. The van der Waals surface area contributed by atoms with Crippen molar-refractivity contribution in [3.05, 3.63) is 41.5 Å². The fraction of sp³-hybridized carbons (Fsp3) is 0.542. The van der Waals surface area contributed by atoms with Gasteiger partial charge in [0.05, 0.1) is 0 Å². The van der Waals surface area contributed by atoms with Crippen molar-refractivity contribution in [3.8, 4) is 0 Å². The van der Waals surface area contributed by atoms with Crippen LogP contribution in [-0.2, 0) is 20.9 Å². The molecule has 1 saturated carbocycles. The van der Waals surface area contributed by atoms with E-state index >= 15 is 0 Å². The van der Waals surface area contributed by atoms with E-state index in [1.165, 1.54) is 12.8 Å². The van der Waals surface area contributed by atoms with E-state index in [9.17, 15) is 14.4 Å². The number of amides is 3. The minimum atomic E-state index is -0.578. The van der Waals surface area contributed by atoms with Crippen molar-refractivity contribution in [2.24, 2.45) is 5.92 Å². The average molecular weight is 430 g/mol. The SMILES string of the molecule is C/C(=C\C(=O)Nc1ccccc1CNC(=O)CCNC(=O)OC(C)(C)C)C1CCCC1. The van der Waals surface area contributed by atoms with Crippen LogP contribution in [0.5, 0.6) is 0 Å². The summed E-state index contributed by atoms with van der Waals surface area (Å²) in [6.07, 6.45) is 6.04. The standard InChI is InChI=1S/C24H35N3O4/c1-17(18-9-5-6-10-18)15-22(29)27-20-12-8-7-11-19(20)16-26-21(28)13-14-25-23(30)31-24(2,3)4/h7-8,11-12,15,18H,5-6,9-10,13-14,16H2,1-4H3,(H,25,30)(H,26,28)(H,27,29)/b17-15+. The van der Waals surface area contributed by atoms with Gasteiger partial charge in [0, 0.05) is 31.3 Å². The van der Waals surface area contributed by atoms with Gasteiger partial charge in [0.2, 0.25) is 11.8 Å². The fourth-order valence-corrected chi connectivity index (χ4v) is 3.55. The first-order valence-electron chi connectivity index (χ1n) is 10.9. The van der Waals surface area contributed by atoms with Crippen LogP contribution in [0.15, 0.2) is 35.9 Å². The number of hydrogen-bond acceptors (Lipinski definition) is 4. The topological polar surface area (TPSA) is 96.5 Å². The van der Waals surface area contributed by atoms with Gasteiger partial charge in [-0.15, -0.1) is 0 Å². The normalized spacial score (nSPS) is 14.8. The molecular formula is C24H35N3O4. The van der Waals surface area contributed by atoms with Crippen LogP contribution in [0.4, 0.5) is 10.5 Å². The first-order chi connectivity index (χ1) is 14.6. The van der Waals surface area contributed by atoms with E-state index in [0.717, 1.165) is 24.0 Å². The van der Waals surface area contributed by atoms with Gasteiger partial charge >= 0.3 is 6.09 Å². The van der Waals surface area contributed by atoms with Gasteiger partial charge in [-0.1, -0.05) is 36.6 Å². The lowest BCUT2D eigenvalue weighted by Gasteiger charge is -2.19. The number of carbonyl (C=O) groups is 3. The van der Waals surface area contributed by atoms with Gasteiger partial charge in [0.25, 0.3) is 0 Å². The molecule has 0 aromatic heterocycles. The number of nitrogens with one attached hydrogen (secondary N) is 3. The zero-order chi connectivity index (χ0) is 22.9. The van der Waals surface area contributed by atoms with Crippen LogP contribution in [0.3, 0.4) is 0 Å². The lowest BCUT2D eigenvalue weighted by atomic mass is 9.98. The third-order valence-electron chi connectivity index (χ3n) is 5.13. The van der Waals surface area contributed by atoms with E-state index in [0.29, 0.717) is 11.6 Å². The third-order valence-corrected chi connectivity index (χ3v) is 5.13. The van der Waals surface area contributed by atoms with Crippen molar-refractivity contribution in [1.29, 1.82) is 0 Å². The molecule has 0 unspecified atom stereocenters. The number of para-hydroxylation sites is 1. The molecular weight excluding hydrogens is 394 g/mol. The Bertz CT molecular complexity index is 805. The molecule has 7 nitrogen and oxygen atoms in total. The van der Waals surface area contributed by atoms with Crippen LogP contribution in [0.25, 0.3) is 0 Å². The van der Waals surface area contributed by atoms with Gasteiger partial charge in [0.15, 0.2) is 0 Å². The summed E-state index contributed by atoms with van der Waals surface area (Å²) in [5.74, 6) is 0.161. The van der Waals surface area contributed by atoms with E-state index in [-0.39, 0.29) is 31.3 Å². The van der Waals surface area contributed by atoms with Crippen LogP contribution < -0.4 is 16.0 Å². The molecule has 31 heavy (non-hydrogen) atoms. The molecule has 0 atom stereocenters. The monoisotopic (exact) mass is 429 g/mol. The molecule has 7 heteroatoms. The Morgan fingerprint density at radius 2 is 1.77 bits per heavy atom. The molecule has 2 rings (SSSR count). The van der Waals surface area contributed by atoms with Crippen molar-refractivity contribution in [2.75, 3.05) is 11.9 Å². The number of hydrogen-bond donors (Lipinski definition) is 3. The maximum atomic E-state index is 12.4. The minimum Gasteiger partial charge on any atom is -0.444 e. The first kappa shape index (κ1) is 24.4. The Balaban J connectivity index is 1.81. The molecule has 0 spiro atoms. The summed E-state index contributed by atoms with van der Waals surface area (Å²) in [6.45, 7) is 7.83. The third kappa shape index (κ3) is 9.24. The molecule has 0 saturated heterocycles. The smallest absolute Gasteiger partial charge is 0.407 e. The summed E-state index contributed by atoms with van der Waals surface area (Å²) in [7, 11) is 0. The summed E-state index contributed by atoms with van der Waals surface area (Å²) in [6, 6.07) is 7.39. The van der Waals surface area contributed by atoms with Crippen LogP contribution in [0.2, 0.25) is 0 Å². The molecule has 1 fully saturated rings. The van der Waals surface area contributed by atoms with E-state index in [2.05, 4.69) is 16.0 Å². The van der Waals surface area contributed by atoms with Crippen LogP contribution in [0.1, 0.15) is 65.4 Å². The summed E-state index contributed by atoms with van der Waals surface area (Å²) >= 11 is 0. The van der Waals surface area contributed by atoms with Gasteiger partial charge in [0.1, 0.15) is 5.60 Å². The summed E-state index contributed by atoms with van der Waals surface area (Å²) < 4.78 is 5.13. The molecule has 1 aliphatic rings. The summed E-state index contributed by atoms with van der Waals surface area (Å²) in [5, 5.41) is 8.31. The molecule has 0 bridgehead atoms. The van der Waals surface area contributed by atoms with Gasteiger partial charge in [-0.05, 0) is 58.1 Å². The largest absolute Gasteiger partial charge is 0.444 e. The lowest BCUT2D eigenvalue weighted by Crippen LogP contribution is -2.35. The van der Waals surface area contributed by atoms with Crippen molar-refractivity contribution in [1.82, 2.24) is 10.6 Å². The van der Waals surface area contributed by atoms with E-state index in [1.54, 1.807) is 26.8 Å². The van der Waals surface area contributed by atoms with Crippen LogP contribution in [-0.4, -0.2) is 30.1 Å². The quantitative estimate of drug-likeness (QED) is 0.537. The molecule has 1 aromatic rings. The molecule has 170 valence electrons. The Hall–Kier alpha value is -2.83. The van der Waals surface area contributed by atoms with Crippen LogP contribution >= 0.6 is 0 Å². The fourth-order valence-electron chi connectivity index (χ4n) is 3.55. The highest BCUT2D eigenvalue weighted by Gasteiger charge is 2.18. The number of allylic oxidation sites excluding steroid dienone is 1. The zero-order valence-corrected chi connectivity index (χ0v) is 19.0. The minimum absolute atomic E-state index is 0.136. The highest BCUT2D eigenvalue weighted by molar-refractivity contribution is 6.00. The molecule has 0 heterocycles. The Morgan fingerprint density at radius 1 is 1.10 bits per heavy atom. The number of rotatable bonds is 8. The second-order valence-electron chi connectivity index (χ2n) is 8.97. The van der Waals surface area contributed by atoms with Crippen molar-refractivity contribution in [2.45, 2.75) is 71.9 Å². The molecule has 1 aliphatic carbocycles. The van der Waals surface area contributed by atoms with Crippen molar-refractivity contribution >= 4 is 23.6 Å². The van der Waals surface area contributed by atoms with Crippen molar-refractivity contribution < 1.29 is 19.1 Å². The van der Waals surface area contributed by atoms with Gasteiger partial charge in [-0.2, -0.15) is 0 Å². The van der Waals surface area contributed by atoms with Gasteiger partial charge < -0.3 is 20.7 Å². The Labute approximate surface area is 185 Å². The Kier molecular flexibility index (Phi) is 9.09. The predicted molar refractivity (Wildman–Crippen MR) is 121 cm³/mol. The highest BCUT2D eigenvalue weighted by Crippen LogP contribution is 2.30. The number of ether oxygens (including phenoxy) is 1. The Morgan fingerprint density at radius 3 is 2.45 bits per heavy atom.